The van der Waals surface area contributed by atoms with Crippen LogP contribution in [0.2, 0.25) is 0 Å². The second-order valence-corrected chi connectivity index (χ2v) is 7.98. The Morgan fingerprint density at radius 2 is 1.64 bits per heavy atom. The Balaban J connectivity index is 1.61. The van der Waals surface area contributed by atoms with Crippen LogP contribution in [0.1, 0.15) is 23.6 Å². The van der Waals surface area contributed by atoms with Gasteiger partial charge in [-0.15, -0.1) is 0 Å². The highest BCUT2D eigenvalue weighted by Crippen LogP contribution is 2.28. The normalized spacial score (nSPS) is 16.3. The number of benzodiazepines with no additional fused rings is 1. The standard InChI is InChI=1S/C26H25FN4O2/c1-17(16-18-10-4-3-5-11-18)28-26(33)30-24-25(32)31(2)22-15-9-7-13-20(22)23(29-24)19-12-6-8-14-21(19)27/h3-15,17,24H,16H2,1-2H3,(H2,28,30,33). The van der Waals surface area contributed by atoms with Crippen molar-refractivity contribution in [3.8, 4) is 0 Å². The lowest BCUT2D eigenvalue weighted by atomic mass is 10.00. The molecule has 3 aromatic carbocycles. The molecule has 2 unspecified atom stereocenters. The van der Waals surface area contributed by atoms with E-state index in [0.29, 0.717) is 23.4 Å². The van der Waals surface area contributed by atoms with Gasteiger partial charge in [0.2, 0.25) is 6.17 Å². The number of nitrogens with zero attached hydrogens (tertiary/aromatic N) is 2. The van der Waals surface area contributed by atoms with Crippen molar-refractivity contribution in [1.29, 1.82) is 0 Å². The van der Waals surface area contributed by atoms with Gasteiger partial charge in [0.25, 0.3) is 5.91 Å². The SMILES string of the molecule is CC(Cc1ccccc1)NC(=O)NC1N=C(c2ccccc2F)c2ccccc2N(C)C1=O. The number of hydrogen-bond acceptors (Lipinski definition) is 3. The number of carbonyl (C=O) groups excluding carboxylic acids is 2. The third-order valence-electron chi connectivity index (χ3n) is 5.50. The predicted molar refractivity (Wildman–Crippen MR) is 127 cm³/mol. The van der Waals surface area contributed by atoms with E-state index in [0.717, 1.165) is 5.56 Å². The van der Waals surface area contributed by atoms with E-state index in [9.17, 15) is 14.0 Å². The monoisotopic (exact) mass is 444 g/mol. The molecule has 33 heavy (non-hydrogen) atoms. The number of urea groups is 1. The van der Waals surface area contributed by atoms with Gasteiger partial charge in [-0.25, -0.2) is 14.2 Å². The van der Waals surface area contributed by atoms with Crippen molar-refractivity contribution in [2.75, 3.05) is 11.9 Å². The Labute approximate surface area is 192 Å². The van der Waals surface area contributed by atoms with E-state index in [1.807, 2.05) is 37.3 Å². The minimum atomic E-state index is -1.21. The van der Waals surface area contributed by atoms with Gasteiger partial charge in [-0.3, -0.25) is 4.79 Å². The zero-order valence-corrected chi connectivity index (χ0v) is 18.5. The summed E-state index contributed by atoms with van der Waals surface area (Å²) in [4.78, 5) is 31.8. The number of anilines is 1. The number of para-hydroxylation sites is 1. The largest absolute Gasteiger partial charge is 0.335 e. The molecule has 0 bridgehead atoms. The molecule has 0 saturated heterocycles. The van der Waals surface area contributed by atoms with E-state index in [1.165, 1.54) is 11.0 Å². The zero-order chi connectivity index (χ0) is 23.4. The topological polar surface area (TPSA) is 73.8 Å². The van der Waals surface area contributed by atoms with E-state index < -0.39 is 23.9 Å². The number of likely N-dealkylation sites (N-methyl/N-ethyl adjacent to an activating group) is 1. The van der Waals surface area contributed by atoms with Crippen molar-refractivity contribution in [1.82, 2.24) is 10.6 Å². The molecule has 6 nitrogen and oxygen atoms in total. The number of nitrogens with one attached hydrogen (secondary N) is 2. The minimum absolute atomic E-state index is 0.168. The maximum Gasteiger partial charge on any atom is 0.317 e. The minimum Gasteiger partial charge on any atom is -0.335 e. The van der Waals surface area contributed by atoms with Crippen LogP contribution in [-0.4, -0.2) is 36.9 Å². The molecule has 1 aliphatic rings. The van der Waals surface area contributed by atoms with Gasteiger partial charge in [0.15, 0.2) is 0 Å². The van der Waals surface area contributed by atoms with Gasteiger partial charge in [-0.1, -0.05) is 60.7 Å². The van der Waals surface area contributed by atoms with Crippen molar-refractivity contribution in [2.24, 2.45) is 4.99 Å². The third-order valence-corrected chi connectivity index (χ3v) is 5.50. The summed E-state index contributed by atoms with van der Waals surface area (Å²) < 4.78 is 14.7. The lowest BCUT2D eigenvalue weighted by Gasteiger charge is -2.22. The molecule has 3 aromatic rings. The van der Waals surface area contributed by atoms with Gasteiger partial charge in [0, 0.05) is 24.2 Å². The van der Waals surface area contributed by atoms with Gasteiger partial charge in [-0.2, -0.15) is 0 Å². The molecule has 1 aliphatic heterocycles. The fourth-order valence-corrected chi connectivity index (χ4v) is 3.89. The van der Waals surface area contributed by atoms with Gasteiger partial charge < -0.3 is 15.5 Å². The molecule has 0 fully saturated rings. The van der Waals surface area contributed by atoms with E-state index >= 15 is 0 Å². The first-order valence-electron chi connectivity index (χ1n) is 10.7. The van der Waals surface area contributed by atoms with Crippen LogP contribution >= 0.6 is 0 Å². The van der Waals surface area contributed by atoms with Crippen LogP contribution in [0.4, 0.5) is 14.9 Å². The number of rotatable bonds is 5. The molecule has 0 saturated carbocycles. The second kappa shape index (κ2) is 9.65. The lowest BCUT2D eigenvalue weighted by molar-refractivity contribution is -0.119. The van der Waals surface area contributed by atoms with E-state index in [-0.39, 0.29) is 11.6 Å². The predicted octanol–water partition coefficient (Wildman–Crippen LogP) is 3.90. The van der Waals surface area contributed by atoms with E-state index in [4.69, 9.17) is 0 Å². The average molecular weight is 445 g/mol. The molecular formula is C26H25FN4O2. The van der Waals surface area contributed by atoms with E-state index in [1.54, 1.807) is 49.5 Å². The first-order chi connectivity index (χ1) is 15.9. The number of carbonyl (C=O) groups is 2. The Morgan fingerprint density at radius 1 is 1.00 bits per heavy atom. The molecule has 0 aliphatic carbocycles. The molecule has 168 valence electrons. The Hall–Kier alpha value is -4.00. The maximum absolute atomic E-state index is 14.7. The summed E-state index contributed by atoms with van der Waals surface area (Å²) in [5.74, 6) is -0.873. The van der Waals surface area contributed by atoms with Crippen LogP contribution in [0.25, 0.3) is 0 Å². The number of amides is 3. The Bertz CT molecular complexity index is 1200. The quantitative estimate of drug-likeness (QED) is 0.627. The zero-order valence-electron chi connectivity index (χ0n) is 18.5. The van der Waals surface area contributed by atoms with E-state index in [2.05, 4.69) is 15.6 Å². The molecule has 0 aromatic heterocycles. The summed E-state index contributed by atoms with van der Waals surface area (Å²) in [5, 5.41) is 5.51. The first kappa shape index (κ1) is 22.2. The molecule has 0 spiro atoms. The van der Waals surface area contributed by atoms with Crippen molar-refractivity contribution in [2.45, 2.75) is 25.6 Å². The van der Waals surface area contributed by atoms with Crippen LogP contribution in [-0.2, 0) is 11.2 Å². The highest BCUT2D eigenvalue weighted by Gasteiger charge is 2.31. The summed E-state index contributed by atoms with van der Waals surface area (Å²) in [6.45, 7) is 1.89. The van der Waals surface area contributed by atoms with Crippen LogP contribution in [0.5, 0.6) is 0 Å². The lowest BCUT2D eigenvalue weighted by Crippen LogP contribution is -2.51. The summed E-state index contributed by atoms with van der Waals surface area (Å²) in [6, 6.07) is 22.5. The highest BCUT2D eigenvalue weighted by molar-refractivity contribution is 6.20. The average Bonchev–Trinajstić information content (AvgIpc) is 2.91. The van der Waals surface area contributed by atoms with Crippen molar-refractivity contribution >= 4 is 23.3 Å². The van der Waals surface area contributed by atoms with Gasteiger partial charge in [0.1, 0.15) is 5.82 Å². The number of fused-ring (bicyclic) bond motifs is 1. The summed E-state index contributed by atoms with van der Waals surface area (Å²) >= 11 is 0. The molecule has 2 N–H and O–H groups in total. The third kappa shape index (κ3) is 4.92. The molecule has 1 heterocycles. The van der Waals surface area contributed by atoms with Gasteiger partial charge in [0.05, 0.1) is 11.4 Å². The van der Waals surface area contributed by atoms with Crippen LogP contribution in [0, 0.1) is 5.82 Å². The molecule has 7 heteroatoms. The molecule has 2 atom stereocenters. The Kier molecular flexibility index (Phi) is 6.49. The number of benzene rings is 3. The summed E-state index contributed by atoms with van der Waals surface area (Å²) in [7, 11) is 1.62. The van der Waals surface area contributed by atoms with Gasteiger partial charge >= 0.3 is 6.03 Å². The summed E-state index contributed by atoms with van der Waals surface area (Å²) in [6.07, 6.45) is -0.567. The molecule has 3 amide bonds. The fourth-order valence-electron chi connectivity index (χ4n) is 3.89. The van der Waals surface area contributed by atoms with Crippen LogP contribution in [0.3, 0.4) is 0 Å². The van der Waals surface area contributed by atoms with Crippen molar-refractivity contribution < 1.29 is 14.0 Å². The maximum atomic E-state index is 14.7. The highest BCUT2D eigenvalue weighted by atomic mass is 19.1. The molecular weight excluding hydrogens is 419 g/mol. The second-order valence-electron chi connectivity index (χ2n) is 7.98. The molecule has 0 radical (unpaired) electrons. The van der Waals surface area contributed by atoms with Crippen molar-refractivity contribution in [3.63, 3.8) is 0 Å². The smallest absolute Gasteiger partial charge is 0.317 e. The first-order valence-corrected chi connectivity index (χ1v) is 10.7. The summed E-state index contributed by atoms with van der Waals surface area (Å²) in [5.41, 5.74) is 2.86. The van der Waals surface area contributed by atoms with Crippen molar-refractivity contribution in [3.05, 3.63) is 101 Å². The molecule has 4 rings (SSSR count). The number of aliphatic imine (C=N–C) groups is 1. The number of hydrogen-bond donors (Lipinski definition) is 2. The van der Waals surface area contributed by atoms with Gasteiger partial charge in [-0.05, 0) is 37.1 Å². The fraction of sp³-hybridized carbons (Fsp3) is 0.192. The van der Waals surface area contributed by atoms with Crippen LogP contribution < -0.4 is 15.5 Å². The van der Waals surface area contributed by atoms with Crippen LogP contribution in [0.15, 0.2) is 83.9 Å². The Morgan fingerprint density at radius 3 is 2.36 bits per heavy atom. The number of halogens is 1.